The Morgan fingerprint density at radius 3 is 1.86 bits per heavy atom. The van der Waals surface area contributed by atoms with Crippen LogP contribution in [0.25, 0.3) is 21.9 Å². The fraction of sp³-hybridized carbons (Fsp3) is 0.152. The van der Waals surface area contributed by atoms with Gasteiger partial charge in [0.2, 0.25) is 0 Å². The molecule has 0 radical (unpaired) electrons. The molecule has 0 fully saturated rings. The van der Waals surface area contributed by atoms with E-state index in [4.69, 9.17) is 9.47 Å². The molecule has 0 aliphatic carbocycles. The first kappa shape index (κ1) is 23.0. The first-order valence-corrected chi connectivity index (χ1v) is 13.7. The zero-order chi connectivity index (χ0) is 24.6. The number of fused-ring (bicyclic) bond motifs is 2. The van der Waals surface area contributed by atoms with Crippen LogP contribution in [0.3, 0.4) is 0 Å². The fourth-order valence-corrected chi connectivity index (χ4v) is 8.31. The maximum absolute atomic E-state index is 6.04. The summed E-state index contributed by atoms with van der Waals surface area (Å²) in [4.78, 5) is 0. The number of hydrogen-bond donors (Lipinski definition) is 0. The van der Waals surface area contributed by atoms with Gasteiger partial charge in [0.05, 0.1) is 20.3 Å². The lowest BCUT2D eigenvalue weighted by Gasteiger charge is -2.29. The van der Waals surface area contributed by atoms with Crippen molar-refractivity contribution in [3.8, 4) is 16.9 Å². The second-order valence-corrected chi connectivity index (χ2v) is 11.4. The summed E-state index contributed by atoms with van der Waals surface area (Å²) in [5.41, 5.74) is 7.81. The highest BCUT2D eigenvalue weighted by atomic mass is 31.1. The molecular formula is C33H29O2P. The van der Waals surface area contributed by atoms with Gasteiger partial charge in [0.15, 0.2) is 0 Å². The molecule has 0 saturated heterocycles. The highest BCUT2D eigenvalue weighted by molar-refractivity contribution is 7.80. The molecule has 3 heteroatoms. The van der Waals surface area contributed by atoms with E-state index < -0.39 is 7.92 Å². The molecule has 178 valence electrons. The van der Waals surface area contributed by atoms with Crippen LogP contribution in [0.2, 0.25) is 0 Å². The Hall–Kier alpha value is -3.45. The lowest BCUT2D eigenvalue weighted by Crippen LogP contribution is -2.26. The Morgan fingerprint density at radius 1 is 0.639 bits per heavy atom. The van der Waals surface area contributed by atoms with Gasteiger partial charge in [0.25, 0.3) is 0 Å². The van der Waals surface area contributed by atoms with E-state index in [0.717, 1.165) is 5.75 Å². The normalized spacial score (nSPS) is 12.8. The Morgan fingerprint density at radius 2 is 1.22 bits per heavy atom. The molecule has 2 nitrogen and oxygen atoms in total. The minimum atomic E-state index is -0.818. The fourth-order valence-electron chi connectivity index (χ4n) is 5.58. The minimum Gasteiger partial charge on any atom is -0.496 e. The van der Waals surface area contributed by atoms with Crippen LogP contribution in [-0.2, 0) is 18.0 Å². The molecule has 0 unspecified atom stereocenters. The number of hydrogen-bond acceptors (Lipinski definition) is 2. The van der Waals surface area contributed by atoms with E-state index in [9.17, 15) is 0 Å². The average Bonchev–Trinajstić information content (AvgIpc) is 3.43. The summed E-state index contributed by atoms with van der Waals surface area (Å²) in [5, 5.41) is 6.53. The van der Waals surface area contributed by atoms with E-state index in [1.807, 2.05) is 0 Å². The van der Waals surface area contributed by atoms with Gasteiger partial charge in [-0.25, -0.2) is 0 Å². The van der Waals surface area contributed by atoms with Crippen molar-refractivity contribution in [2.45, 2.75) is 27.1 Å². The SMILES string of the molecule is COc1ccc2ccccc2c1-c1c(C)c2c(c(C)c1P(c1ccccc1)c1ccccc1)COC2. The van der Waals surface area contributed by atoms with Gasteiger partial charge in [0, 0.05) is 5.56 Å². The van der Waals surface area contributed by atoms with Crippen molar-refractivity contribution >= 4 is 34.6 Å². The van der Waals surface area contributed by atoms with Crippen molar-refractivity contribution in [1.29, 1.82) is 0 Å². The summed E-state index contributed by atoms with van der Waals surface area (Å²) in [6.07, 6.45) is 0. The van der Waals surface area contributed by atoms with Gasteiger partial charge in [-0.15, -0.1) is 0 Å². The molecule has 0 atom stereocenters. The molecule has 0 bridgehead atoms. The van der Waals surface area contributed by atoms with Crippen molar-refractivity contribution in [3.05, 3.63) is 119 Å². The van der Waals surface area contributed by atoms with Gasteiger partial charge in [-0.3, -0.25) is 0 Å². The van der Waals surface area contributed by atoms with Crippen LogP contribution in [-0.4, -0.2) is 7.11 Å². The van der Waals surface area contributed by atoms with Crippen molar-refractivity contribution in [3.63, 3.8) is 0 Å². The maximum Gasteiger partial charge on any atom is 0.127 e. The second kappa shape index (κ2) is 9.54. The molecule has 6 rings (SSSR count). The van der Waals surface area contributed by atoms with Crippen LogP contribution in [0.5, 0.6) is 5.75 Å². The summed E-state index contributed by atoms with van der Waals surface area (Å²) in [6.45, 7) is 5.91. The lowest BCUT2D eigenvalue weighted by atomic mass is 9.88. The van der Waals surface area contributed by atoms with E-state index in [-0.39, 0.29) is 0 Å². The molecule has 5 aromatic rings. The average molecular weight is 489 g/mol. The van der Waals surface area contributed by atoms with Crippen LogP contribution in [0.15, 0.2) is 97.1 Å². The molecule has 1 heterocycles. The quantitative estimate of drug-likeness (QED) is 0.250. The van der Waals surface area contributed by atoms with Crippen LogP contribution >= 0.6 is 7.92 Å². The van der Waals surface area contributed by atoms with E-state index in [1.54, 1.807) is 7.11 Å². The molecule has 5 aromatic carbocycles. The van der Waals surface area contributed by atoms with Crippen LogP contribution in [0.4, 0.5) is 0 Å². The van der Waals surface area contributed by atoms with E-state index in [2.05, 4.69) is 111 Å². The molecule has 36 heavy (non-hydrogen) atoms. The molecule has 0 spiro atoms. The Balaban J connectivity index is 1.78. The summed E-state index contributed by atoms with van der Waals surface area (Å²) >= 11 is 0. The zero-order valence-corrected chi connectivity index (χ0v) is 21.8. The standard InChI is InChI=1S/C33H29O2P/c1-22-28-20-35-21-29(28)23(2)33(36(25-13-6-4-7-14-25)26-15-8-5-9-16-26)31(22)32-27-17-11-10-12-24(27)18-19-30(32)34-3/h4-19H,20-21H2,1-3H3. The predicted molar refractivity (Wildman–Crippen MR) is 153 cm³/mol. The van der Waals surface area contributed by atoms with Gasteiger partial charge in [-0.2, -0.15) is 0 Å². The van der Waals surface area contributed by atoms with Crippen molar-refractivity contribution in [2.75, 3.05) is 7.11 Å². The first-order chi connectivity index (χ1) is 17.7. The molecule has 0 amide bonds. The monoisotopic (exact) mass is 488 g/mol. The Bertz CT molecular complexity index is 1520. The van der Waals surface area contributed by atoms with Crippen LogP contribution < -0.4 is 20.7 Å². The molecule has 0 aromatic heterocycles. The second-order valence-electron chi connectivity index (χ2n) is 9.29. The summed E-state index contributed by atoms with van der Waals surface area (Å²) in [7, 11) is 0.963. The molecular weight excluding hydrogens is 459 g/mol. The van der Waals surface area contributed by atoms with Gasteiger partial charge < -0.3 is 9.47 Å². The molecule has 1 aliphatic rings. The highest BCUT2D eigenvalue weighted by Crippen LogP contribution is 2.47. The molecule has 0 N–H and O–H groups in total. The third-order valence-corrected chi connectivity index (χ3v) is 9.98. The number of ether oxygens (including phenoxy) is 2. The Kier molecular flexibility index (Phi) is 6.09. The van der Waals surface area contributed by atoms with Crippen molar-refractivity contribution in [1.82, 2.24) is 0 Å². The topological polar surface area (TPSA) is 18.5 Å². The summed E-state index contributed by atoms with van der Waals surface area (Å²) < 4.78 is 12.1. The number of methoxy groups -OCH3 is 1. The van der Waals surface area contributed by atoms with E-state index >= 15 is 0 Å². The number of benzene rings is 5. The van der Waals surface area contributed by atoms with Crippen LogP contribution in [0.1, 0.15) is 22.3 Å². The molecule has 1 aliphatic heterocycles. The van der Waals surface area contributed by atoms with Crippen molar-refractivity contribution in [2.24, 2.45) is 0 Å². The maximum atomic E-state index is 6.04. The van der Waals surface area contributed by atoms with Gasteiger partial charge in [0.1, 0.15) is 5.75 Å². The van der Waals surface area contributed by atoms with Crippen LogP contribution in [0, 0.1) is 13.8 Å². The van der Waals surface area contributed by atoms with Gasteiger partial charge in [-0.05, 0) is 82.3 Å². The summed E-state index contributed by atoms with van der Waals surface area (Å²) in [5.74, 6) is 0.910. The lowest BCUT2D eigenvalue weighted by molar-refractivity contribution is 0.134. The third-order valence-electron chi connectivity index (χ3n) is 7.34. The summed E-state index contributed by atoms with van der Waals surface area (Å²) in [6, 6.07) is 34.9. The van der Waals surface area contributed by atoms with E-state index in [0.29, 0.717) is 13.2 Å². The predicted octanol–water partition coefficient (Wildman–Crippen LogP) is 6.92. The third kappa shape index (κ3) is 3.73. The highest BCUT2D eigenvalue weighted by Gasteiger charge is 2.31. The Labute approximate surface area is 214 Å². The zero-order valence-electron chi connectivity index (χ0n) is 20.9. The van der Waals surface area contributed by atoms with Crippen molar-refractivity contribution < 1.29 is 9.47 Å². The van der Waals surface area contributed by atoms with Gasteiger partial charge in [-0.1, -0.05) is 91.0 Å². The smallest absolute Gasteiger partial charge is 0.127 e. The largest absolute Gasteiger partial charge is 0.496 e. The number of rotatable bonds is 5. The van der Waals surface area contributed by atoms with Gasteiger partial charge >= 0.3 is 0 Å². The minimum absolute atomic E-state index is 0.664. The van der Waals surface area contributed by atoms with E-state index in [1.165, 1.54) is 60.1 Å². The first-order valence-electron chi connectivity index (χ1n) is 12.4. The molecule has 0 saturated carbocycles.